The average molecular weight is 221 g/mol. The van der Waals surface area contributed by atoms with Gasteiger partial charge in [0.2, 0.25) is 0 Å². The van der Waals surface area contributed by atoms with Crippen LogP contribution in [0.15, 0.2) is 29.2 Å². The minimum absolute atomic E-state index is 0.844. The zero-order valence-corrected chi connectivity index (χ0v) is 10.6. The highest BCUT2D eigenvalue weighted by molar-refractivity contribution is 7.80. The van der Waals surface area contributed by atoms with Crippen LogP contribution in [-0.4, -0.2) is 0 Å². The van der Waals surface area contributed by atoms with E-state index < -0.39 is 0 Å². The third kappa shape index (κ3) is 5.17. The lowest BCUT2D eigenvalue weighted by Gasteiger charge is -2.05. The number of rotatable bonds is 6. The zero-order valence-electron chi connectivity index (χ0n) is 9.83. The molecule has 0 aromatic heterocycles. The highest BCUT2D eigenvalue weighted by atomic mass is 32.1. The maximum atomic E-state index is 5.27. The van der Waals surface area contributed by atoms with Crippen molar-refractivity contribution in [1.82, 2.24) is 0 Å². The molecule has 1 rings (SSSR count). The van der Waals surface area contributed by atoms with Crippen molar-refractivity contribution >= 4 is 12.6 Å². The smallest absolute Gasteiger partial charge is 0.0409 e. The molecule has 15 heavy (non-hydrogen) atoms. The molecule has 0 heterocycles. The van der Waals surface area contributed by atoms with E-state index in [4.69, 9.17) is 12.6 Å². The first-order chi connectivity index (χ1) is 7.20. The molecule has 0 unspecified atom stereocenters. The van der Waals surface area contributed by atoms with Gasteiger partial charge in [-0.3, -0.25) is 0 Å². The van der Waals surface area contributed by atoms with Gasteiger partial charge in [0, 0.05) is 4.90 Å². The first kappa shape index (κ1) is 12.5. The van der Waals surface area contributed by atoms with Gasteiger partial charge in [0.05, 0.1) is 0 Å². The molecule has 1 aromatic rings. The Morgan fingerprint density at radius 2 is 1.80 bits per heavy atom. The second-order valence-corrected chi connectivity index (χ2v) is 5.04. The van der Waals surface area contributed by atoms with Gasteiger partial charge in [-0.25, -0.2) is 0 Å². The quantitative estimate of drug-likeness (QED) is 0.593. The Kier molecular flexibility index (Phi) is 5.70. The summed E-state index contributed by atoms with van der Waals surface area (Å²) in [5.41, 5.74) is 1.34. The van der Waals surface area contributed by atoms with Crippen LogP contribution in [0.3, 0.4) is 0 Å². The number of aryl methyl sites for hydroxylation is 1. The Bertz CT molecular complexity index is 278. The number of hydrogen-bond donors (Lipinski definition) is 0. The molecule has 0 aliphatic carbocycles. The summed E-state index contributed by atoms with van der Waals surface area (Å²) in [6, 6.07) is 8.29. The second kappa shape index (κ2) is 6.84. The molecule has 0 amide bonds. The van der Waals surface area contributed by atoms with Crippen molar-refractivity contribution in [2.24, 2.45) is 5.92 Å². The van der Waals surface area contributed by atoms with Gasteiger partial charge in [0.1, 0.15) is 0 Å². The van der Waals surface area contributed by atoms with Crippen LogP contribution in [0.4, 0.5) is 0 Å². The van der Waals surface area contributed by atoms with Gasteiger partial charge >= 0.3 is 0 Å². The summed E-state index contributed by atoms with van der Waals surface area (Å²) in [6.07, 6.45) is 6.48. The first-order valence-electron chi connectivity index (χ1n) is 5.95. The topological polar surface area (TPSA) is 0 Å². The normalized spacial score (nSPS) is 10.9. The third-order valence-electron chi connectivity index (χ3n) is 2.70. The lowest BCUT2D eigenvalue weighted by Crippen LogP contribution is -1.90. The van der Waals surface area contributed by atoms with Crippen molar-refractivity contribution < 1.29 is 0 Å². The summed E-state index contributed by atoms with van der Waals surface area (Å²) in [7, 11) is 0. The summed E-state index contributed by atoms with van der Waals surface area (Å²) in [6.45, 7) is 4.58. The highest BCUT2D eigenvalue weighted by Crippen LogP contribution is 2.16. The lowest BCUT2D eigenvalue weighted by atomic mass is 10.0. The minimum Gasteiger partial charge on any atom is -0.0798 e. The van der Waals surface area contributed by atoms with Crippen LogP contribution in [0.25, 0.3) is 0 Å². The van der Waals surface area contributed by atoms with Gasteiger partial charge in [0.25, 0.3) is 0 Å². The van der Waals surface area contributed by atoms with Crippen LogP contribution >= 0.6 is 12.6 Å². The molecule has 0 fully saturated rings. The molecule has 0 nitrogen and oxygen atoms in total. The molecule has 0 bridgehead atoms. The van der Waals surface area contributed by atoms with Crippen molar-refractivity contribution in [3.05, 3.63) is 29.8 Å². The molecule has 1 radical (unpaired) electrons. The molecule has 0 spiro atoms. The number of unbranched alkanes of at least 4 members (excludes halogenated alkanes) is 2. The minimum atomic E-state index is 0.844. The Hall–Kier alpha value is -0.560. The van der Waals surface area contributed by atoms with Crippen LogP contribution in [0, 0.1) is 5.92 Å². The summed E-state index contributed by atoms with van der Waals surface area (Å²) < 4.78 is 0. The zero-order chi connectivity index (χ0) is 11.1. The van der Waals surface area contributed by atoms with Crippen LogP contribution in [0.2, 0.25) is 0 Å². The summed E-state index contributed by atoms with van der Waals surface area (Å²) in [5, 5.41) is 0. The Labute approximate surface area is 99.5 Å². The maximum Gasteiger partial charge on any atom is 0.0409 e. The molecule has 0 aliphatic rings. The summed E-state index contributed by atoms with van der Waals surface area (Å²) in [4.78, 5) is 1.03. The average Bonchev–Trinajstić information content (AvgIpc) is 2.20. The maximum absolute atomic E-state index is 5.27. The molecule has 0 N–H and O–H groups in total. The van der Waals surface area contributed by atoms with Gasteiger partial charge in [0.15, 0.2) is 0 Å². The largest absolute Gasteiger partial charge is 0.0798 e. The van der Waals surface area contributed by atoms with E-state index in [0.717, 1.165) is 17.2 Å². The van der Waals surface area contributed by atoms with Crippen molar-refractivity contribution in [1.29, 1.82) is 0 Å². The Morgan fingerprint density at radius 3 is 2.47 bits per heavy atom. The second-order valence-electron chi connectivity index (χ2n) is 4.60. The molecule has 0 saturated heterocycles. The van der Waals surface area contributed by atoms with Crippen LogP contribution < -0.4 is 0 Å². The number of hydrogen-bond acceptors (Lipinski definition) is 0. The first-order valence-corrected chi connectivity index (χ1v) is 6.36. The van der Waals surface area contributed by atoms with Gasteiger partial charge in [-0.1, -0.05) is 63.9 Å². The van der Waals surface area contributed by atoms with Gasteiger partial charge in [-0.2, -0.15) is 0 Å². The Balaban J connectivity index is 2.18. The van der Waals surface area contributed by atoms with E-state index in [1.165, 1.54) is 31.2 Å². The van der Waals surface area contributed by atoms with Crippen molar-refractivity contribution in [2.75, 3.05) is 0 Å². The Morgan fingerprint density at radius 1 is 1.07 bits per heavy atom. The lowest BCUT2D eigenvalue weighted by molar-refractivity contribution is 0.526. The summed E-state index contributed by atoms with van der Waals surface area (Å²) in [5.74, 6) is 0.844. The van der Waals surface area contributed by atoms with Crippen LogP contribution in [0.1, 0.15) is 45.1 Å². The SMILES string of the molecule is CC(C)CCCCCc1ccccc1[S]. The van der Waals surface area contributed by atoms with Crippen molar-refractivity contribution in [2.45, 2.75) is 50.8 Å². The predicted octanol–water partition coefficient (Wildman–Crippen LogP) is 5.00. The highest BCUT2D eigenvalue weighted by Gasteiger charge is 1.99. The molecule has 1 aromatic carbocycles. The van der Waals surface area contributed by atoms with Crippen molar-refractivity contribution in [3.8, 4) is 0 Å². The third-order valence-corrected chi connectivity index (χ3v) is 3.10. The predicted molar refractivity (Wildman–Crippen MR) is 69.3 cm³/mol. The monoisotopic (exact) mass is 221 g/mol. The molecular formula is C14H21S. The van der Waals surface area contributed by atoms with E-state index in [0.29, 0.717) is 0 Å². The van der Waals surface area contributed by atoms with E-state index >= 15 is 0 Å². The fourth-order valence-electron chi connectivity index (χ4n) is 1.76. The van der Waals surface area contributed by atoms with E-state index in [-0.39, 0.29) is 0 Å². The number of benzene rings is 1. The molecule has 83 valence electrons. The van der Waals surface area contributed by atoms with Crippen LogP contribution in [0.5, 0.6) is 0 Å². The fourth-order valence-corrected chi connectivity index (χ4v) is 2.00. The molecule has 0 aliphatic heterocycles. The summed E-state index contributed by atoms with van der Waals surface area (Å²) >= 11 is 5.27. The fraction of sp³-hybridized carbons (Fsp3) is 0.571. The molecule has 0 saturated carbocycles. The van der Waals surface area contributed by atoms with E-state index in [9.17, 15) is 0 Å². The van der Waals surface area contributed by atoms with Gasteiger partial charge in [-0.05, 0) is 30.4 Å². The van der Waals surface area contributed by atoms with E-state index in [2.05, 4.69) is 26.0 Å². The van der Waals surface area contributed by atoms with Crippen LogP contribution in [-0.2, 0) is 6.42 Å². The van der Waals surface area contributed by atoms with Gasteiger partial charge in [-0.15, -0.1) is 0 Å². The van der Waals surface area contributed by atoms with Gasteiger partial charge < -0.3 is 0 Å². The standard InChI is InChI=1S/C14H21S/c1-12(2)8-4-3-5-9-13-10-6-7-11-14(13)15/h6-7,10-12H,3-5,8-9H2,1-2H3. The van der Waals surface area contributed by atoms with E-state index in [1.807, 2.05) is 12.1 Å². The van der Waals surface area contributed by atoms with Crippen molar-refractivity contribution in [3.63, 3.8) is 0 Å². The molecule has 0 atom stereocenters. The van der Waals surface area contributed by atoms with E-state index in [1.54, 1.807) is 0 Å². The molecule has 1 heteroatoms. The molecular weight excluding hydrogens is 200 g/mol.